The maximum atomic E-state index is 12.9. The molecular formula is C25H29N3OS. The maximum Gasteiger partial charge on any atom is 0.223 e. The van der Waals surface area contributed by atoms with Gasteiger partial charge in [0.05, 0.1) is 10.7 Å². The normalized spacial score (nSPS) is 15.4. The topological polar surface area (TPSA) is 45.2 Å². The molecule has 0 spiro atoms. The molecule has 3 aromatic rings. The average molecular weight is 420 g/mol. The van der Waals surface area contributed by atoms with Crippen LogP contribution in [-0.4, -0.2) is 35.4 Å². The Morgan fingerprint density at radius 2 is 1.67 bits per heavy atom. The minimum Gasteiger partial charge on any atom is -0.355 e. The molecule has 1 fully saturated rings. The van der Waals surface area contributed by atoms with Gasteiger partial charge in [-0.05, 0) is 44.0 Å². The number of aromatic nitrogens is 1. The van der Waals surface area contributed by atoms with Gasteiger partial charge in [-0.3, -0.25) is 9.69 Å². The van der Waals surface area contributed by atoms with Gasteiger partial charge >= 0.3 is 0 Å². The number of rotatable bonds is 7. The molecule has 4 nitrogen and oxygen atoms in total. The number of aryl methyl sites for hydroxylation is 1. The molecule has 0 saturated carbocycles. The van der Waals surface area contributed by atoms with Crippen LogP contribution in [0.5, 0.6) is 0 Å². The molecule has 4 rings (SSSR count). The first-order chi connectivity index (χ1) is 14.7. The van der Waals surface area contributed by atoms with E-state index in [1.807, 2.05) is 19.1 Å². The third-order valence-electron chi connectivity index (χ3n) is 5.89. The lowest BCUT2D eigenvalue weighted by Crippen LogP contribution is -2.41. The van der Waals surface area contributed by atoms with Gasteiger partial charge in [-0.2, -0.15) is 0 Å². The van der Waals surface area contributed by atoms with Crippen molar-refractivity contribution in [1.29, 1.82) is 0 Å². The van der Waals surface area contributed by atoms with Crippen molar-refractivity contribution in [3.63, 3.8) is 0 Å². The standard InChI is InChI=1S/C25H29N3OS/c1-19-27-23(18-30-19)17-28-14-12-22(13-15-28)25(29)26-16-24(20-8-4-2-5-9-20)21-10-6-3-7-11-21/h2-11,18,22,24H,12-17H2,1H3,(H,26,29). The van der Waals surface area contributed by atoms with Crippen LogP contribution in [0.3, 0.4) is 0 Å². The Morgan fingerprint density at radius 3 is 2.20 bits per heavy atom. The maximum absolute atomic E-state index is 12.9. The Kier molecular flexibility index (Phi) is 6.92. The minimum atomic E-state index is 0.102. The molecule has 2 heterocycles. The summed E-state index contributed by atoms with van der Waals surface area (Å²) in [6.45, 7) is 5.47. The highest BCUT2D eigenvalue weighted by Gasteiger charge is 2.26. The molecule has 1 saturated heterocycles. The van der Waals surface area contributed by atoms with Crippen LogP contribution in [0.15, 0.2) is 66.0 Å². The molecule has 1 aliphatic heterocycles. The van der Waals surface area contributed by atoms with Crippen molar-refractivity contribution >= 4 is 17.2 Å². The number of nitrogens with zero attached hydrogens (tertiary/aromatic N) is 2. The number of thiazole rings is 1. The first-order valence-electron chi connectivity index (χ1n) is 10.7. The molecule has 2 aromatic carbocycles. The highest BCUT2D eigenvalue weighted by Crippen LogP contribution is 2.25. The number of carbonyl (C=O) groups is 1. The number of hydrogen-bond acceptors (Lipinski definition) is 4. The van der Waals surface area contributed by atoms with Crippen LogP contribution in [0.25, 0.3) is 0 Å². The smallest absolute Gasteiger partial charge is 0.223 e. The second kappa shape index (κ2) is 10.0. The van der Waals surface area contributed by atoms with Crippen LogP contribution >= 0.6 is 11.3 Å². The Balaban J connectivity index is 1.32. The molecule has 30 heavy (non-hydrogen) atoms. The molecule has 1 aromatic heterocycles. The Bertz CT molecular complexity index is 894. The van der Waals surface area contributed by atoms with E-state index in [1.165, 1.54) is 11.1 Å². The minimum absolute atomic E-state index is 0.102. The second-order valence-electron chi connectivity index (χ2n) is 8.03. The van der Waals surface area contributed by atoms with Crippen molar-refractivity contribution in [1.82, 2.24) is 15.2 Å². The highest BCUT2D eigenvalue weighted by molar-refractivity contribution is 7.09. The molecule has 1 amide bonds. The van der Waals surface area contributed by atoms with Gasteiger partial charge in [0.1, 0.15) is 0 Å². The van der Waals surface area contributed by atoms with Crippen LogP contribution in [0.2, 0.25) is 0 Å². The molecule has 0 atom stereocenters. The van der Waals surface area contributed by atoms with Gasteiger partial charge in [-0.1, -0.05) is 60.7 Å². The van der Waals surface area contributed by atoms with E-state index in [4.69, 9.17) is 0 Å². The van der Waals surface area contributed by atoms with Crippen molar-refractivity contribution in [3.8, 4) is 0 Å². The van der Waals surface area contributed by atoms with Gasteiger partial charge in [-0.25, -0.2) is 4.98 Å². The lowest BCUT2D eigenvalue weighted by Gasteiger charge is -2.31. The number of nitrogens with one attached hydrogen (secondary N) is 1. The SMILES string of the molecule is Cc1nc(CN2CCC(C(=O)NCC(c3ccccc3)c3ccccc3)CC2)cs1. The van der Waals surface area contributed by atoms with Crippen LogP contribution in [0.4, 0.5) is 0 Å². The lowest BCUT2D eigenvalue weighted by molar-refractivity contribution is -0.126. The molecule has 1 N–H and O–H groups in total. The van der Waals surface area contributed by atoms with E-state index in [0.717, 1.165) is 43.2 Å². The van der Waals surface area contributed by atoms with E-state index < -0.39 is 0 Å². The summed E-state index contributed by atoms with van der Waals surface area (Å²) in [5.74, 6) is 0.464. The summed E-state index contributed by atoms with van der Waals surface area (Å²) in [4.78, 5) is 19.9. The summed E-state index contributed by atoms with van der Waals surface area (Å²) >= 11 is 1.70. The predicted molar refractivity (Wildman–Crippen MR) is 123 cm³/mol. The Morgan fingerprint density at radius 1 is 1.07 bits per heavy atom. The number of hydrogen-bond donors (Lipinski definition) is 1. The van der Waals surface area contributed by atoms with Crippen molar-refractivity contribution in [2.45, 2.75) is 32.2 Å². The number of likely N-dealkylation sites (tertiary alicyclic amines) is 1. The molecule has 0 bridgehead atoms. The molecule has 0 aliphatic carbocycles. The number of benzene rings is 2. The molecule has 0 radical (unpaired) electrons. The van der Waals surface area contributed by atoms with Gasteiger partial charge in [-0.15, -0.1) is 11.3 Å². The molecule has 156 valence electrons. The summed E-state index contributed by atoms with van der Waals surface area (Å²) in [5.41, 5.74) is 3.61. The van der Waals surface area contributed by atoms with E-state index in [1.54, 1.807) is 11.3 Å². The fourth-order valence-corrected chi connectivity index (χ4v) is 4.81. The van der Waals surface area contributed by atoms with Crippen LogP contribution in [0, 0.1) is 12.8 Å². The van der Waals surface area contributed by atoms with E-state index in [-0.39, 0.29) is 17.7 Å². The molecule has 0 unspecified atom stereocenters. The summed E-state index contributed by atoms with van der Waals surface area (Å²) < 4.78 is 0. The fourth-order valence-electron chi connectivity index (χ4n) is 4.21. The largest absolute Gasteiger partial charge is 0.355 e. The number of carbonyl (C=O) groups excluding carboxylic acids is 1. The highest BCUT2D eigenvalue weighted by atomic mass is 32.1. The summed E-state index contributed by atoms with van der Waals surface area (Å²) in [5, 5.41) is 6.51. The molecule has 5 heteroatoms. The quantitative estimate of drug-likeness (QED) is 0.608. The molecular weight excluding hydrogens is 390 g/mol. The zero-order valence-electron chi connectivity index (χ0n) is 17.5. The van der Waals surface area contributed by atoms with Gasteiger partial charge < -0.3 is 5.32 Å². The zero-order valence-corrected chi connectivity index (χ0v) is 18.3. The second-order valence-corrected chi connectivity index (χ2v) is 9.09. The van der Waals surface area contributed by atoms with Crippen LogP contribution in [-0.2, 0) is 11.3 Å². The van der Waals surface area contributed by atoms with E-state index in [9.17, 15) is 4.79 Å². The number of piperidine rings is 1. The lowest BCUT2D eigenvalue weighted by atomic mass is 9.90. The number of amides is 1. The average Bonchev–Trinajstić information content (AvgIpc) is 3.20. The van der Waals surface area contributed by atoms with Crippen molar-refractivity contribution in [3.05, 3.63) is 87.9 Å². The first kappa shape index (κ1) is 20.8. The Hall–Kier alpha value is -2.50. The van der Waals surface area contributed by atoms with E-state index in [2.05, 4.69) is 69.1 Å². The van der Waals surface area contributed by atoms with E-state index in [0.29, 0.717) is 6.54 Å². The third kappa shape index (κ3) is 5.35. The summed E-state index contributed by atoms with van der Waals surface area (Å²) in [6.07, 6.45) is 1.83. The van der Waals surface area contributed by atoms with Gasteiger partial charge in [0, 0.05) is 30.3 Å². The van der Waals surface area contributed by atoms with Crippen LogP contribution in [0.1, 0.15) is 40.6 Å². The van der Waals surface area contributed by atoms with Gasteiger partial charge in [0.2, 0.25) is 5.91 Å². The van der Waals surface area contributed by atoms with E-state index >= 15 is 0 Å². The van der Waals surface area contributed by atoms with Gasteiger partial charge in [0.15, 0.2) is 0 Å². The summed E-state index contributed by atoms with van der Waals surface area (Å²) in [6, 6.07) is 20.9. The van der Waals surface area contributed by atoms with Crippen molar-refractivity contribution < 1.29 is 4.79 Å². The zero-order chi connectivity index (χ0) is 20.8. The van der Waals surface area contributed by atoms with Crippen molar-refractivity contribution in [2.75, 3.05) is 19.6 Å². The Labute approximate surface area is 183 Å². The molecule has 1 aliphatic rings. The summed E-state index contributed by atoms with van der Waals surface area (Å²) in [7, 11) is 0. The van der Waals surface area contributed by atoms with Crippen LogP contribution < -0.4 is 5.32 Å². The van der Waals surface area contributed by atoms with Gasteiger partial charge in [0.25, 0.3) is 0 Å². The first-order valence-corrected chi connectivity index (χ1v) is 11.6. The fraction of sp³-hybridized carbons (Fsp3) is 0.360. The third-order valence-corrected chi connectivity index (χ3v) is 6.72. The monoisotopic (exact) mass is 419 g/mol. The predicted octanol–water partition coefficient (Wildman–Crippen LogP) is 4.61. The van der Waals surface area contributed by atoms with Crippen molar-refractivity contribution in [2.24, 2.45) is 5.92 Å².